The molecule has 1 saturated heterocycles. The van der Waals surface area contributed by atoms with Crippen molar-refractivity contribution in [3.63, 3.8) is 0 Å². The minimum absolute atomic E-state index is 0.289. The average molecular weight is 420 g/mol. The maximum atomic E-state index is 10.1. The Morgan fingerprint density at radius 2 is 2.10 bits per heavy atom. The summed E-state index contributed by atoms with van der Waals surface area (Å²) in [6.07, 6.45) is 2.91. The molecule has 31 heavy (non-hydrogen) atoms. The van der Waals surface area contributed by atoms with Gasteiger partial charge in [-0.3, -0.25) is 4.40 Å². The summed E-state index contributed by atoms with van der Waals surface area (Å²) < 4.78 is 18.8. The van der Waals surface area contributed by atoms with E-state index in [0.717, 1.165) is 33.7 Å². The summed E-state index contributed by atoms with van der Waals surface area (Å²) in [6.45, 7) is 2.16. The topological polar surface area (TPSA) is 90.1 Å². The molecule has 4 aromatic rings. The van der Waals surface area contributed by atoms with Crippen LogP contribution in [0.3, 0.4) is 0 Å². The number of ether oxygens (including phenoxy) is 3. The highest BCUT2D eigenvalue weighted by Crippen LogP contribution is 2.29. The first-order valence-electron chi connectivity index (χ1n) is 10.3. The summed E-state index contributed by atoms with van der Waals surface area (Å²) >= 11 is 0. The molecule has 1 aliphatic heterocycles. The van der Waals surface area contributed by atoms with Crippen LogP contribution in [0.25, 0.3) is 27.9 Å². The highest BCUT2D eigenvalue weighted by molar-refractivity contribution is 5.86. The Labute approximate surface area is 179 Å². The van der Waals surface area contributed by atoms with Crippen molar-refractivity contribution in [1.82, 2.24) is 19.7 Å². The monoisotopic (exact) mass is 420 g/mol. The standard InChI is InChI=1S/C23H24N4O4/c1-29-9-10-30-16-7-8-27-18(12-25-22(27)11-16)17-6-5-15-3-2-4-20(23(15)26-17)31-21-14-24-13-19(21)28/h2-8,11-12,19,21,24,28H,9-10,13-14H2,1H3. The van der Waals surface area contributed by atoms with Crippen molar-refractivity contribution >= 4 is 16.6 Å². The number of nitrogens with zero attached hydrogens (tertiary/aromatic N) is 3. The molecule has 1 aliphatic rings. The van der Waals surface area contributed by atoms with E-state index >= 15 is 0 Å². The second-order valence-corrected chi connectivity index (χ2v) is 7.48. The van der Waals surface area contributed by atoms with Gasteiger partial charge in [-0.2, -0.15) is 0 Å². The highest BCUT2D eigenvalue weighted by atomic mass is 16.5. The summed E-state index contributed by atoms with van der Waals surface area (Å²) in [5.74, 6) is 1.40. The van der Waals surface area contributed by atoms with E-state index in [9.17, 15) is 5.11 Å². The number of β-amino-alcohol motifs (C(OH)–C–C–N with tert-alkyl or cyclic N) is 1. The van der Waals surface area contributed by atoms with Gasteiger partial charge in [-0.1, -0.05) is 18.2 Å². The van der Waals surface area contributed by atoms with Crippen LogP contribution in [-0.4, -0.2) is 65.1 Å². The predicted molar refractivity (Wildman–Crippen MR) is 117 cm³/mol. The molecule has 5 rings (SSSR count). The summed E-state index contributed by atoms with van der Waals surface area (Å²) in [5, 5.41) is 14.2. The summed E-state index contributed by atoms with van der Waals surface area (Å²) in [5.41, 5.74) is 3.19. The lowest BCUT2D eigenvalue weighted by Crippen LogP contribution is -2.29. The Balaban J connectivity index is 1.48. The molecule has 0 spiro atoms. The second kappa shape index (κ2) is 8.50. The van der Waals surface area contributed by atoms with Crippen molar-refractivity contribution in [3.8, 4) is 22.9 Å². The maximum Gasteiger partial charge on any atom is 0.146 e. The van der Waals surface area contributed by atoms with Crippen molar-refractivity contribution in [2.45, 2.75) is 12.2 Å². The number of para-hydroxylation sites is 1. The Kier molecular flexibility index (Phi) is 5.42. The Morgan fingerprint density at radius 3 is 2.94 bits per heavy atom. The molecule has 0 bridgehead atoms. The second-order valence-electron chi connectivity index (χ2n) is 7.48. The number of methoxy groups -OCH3 is 1. The molecule has 2 N–H and O–H groups in total. The largest absolute Gasteiger partial charge is 0.491 e. The van der Waals surface area contributed by atoms with E-state index in [1.807, 2.05) is 53.1 Å². The quantitative estimate of drug-likeness (QED) is 0.443. The number of pyridine rings is 2. The van der Waals surface area contributed by atoms with E-state index in [0.29, 0.717) is 32.1 Å². The minimum Gasteiger partial charge on any atom is -0.491 e. The zero-order valence-electron chi connectivity index (χ0n) is 17.2. The van der Waals surface area contributed by atoms with Crippen LogP contribution in [-0.2, 0) is 4.74 Å². The molecule has 4 heterocycles. The molecule has 3 aromatic heterocycles. The fourth-order valence-electron chi connectivity index (χ4n) is 3.77. The zero-order valence-corrected chi connectivity index (χ0v) is 17.2. The van der Waals surface area contributed by atoms with Gasteiger partial charge in [0, 0.05) is 37.8 Å². The van der Waals surface area contributed by atoms with Crippen LogP contribution in [0, 0.1) is 0 Å². The number of hydrogen-bond acceptors (Lipinski definition) is 7. The molecular weight excluding hydrogens is 396 g/mol. The maximum absolute atomic E-state index is 10.1. The number of hydrogen-bond donors (Lipinski definition) is 2. The van der Waals surface area contributed by atoms with E-state index in [-0.39, 0.29) is 6.10 Å². The van der Waals surface area contributed by atoms with E-state index in [2.05, 4.69) is 10.3 Å². The molecule has 160 valence electrons. The third-order valence-electron chi connectivity index (χ3n) is 5.39. The molecule has 8 nitrogen and oxygen atoms in total. The van der Waals surface area contributed by atoms with Crippen LogP contribution < -0.4 is 14.8 Å². The van der Waals surface area contributed by atoms with Gasteiger partial charge in [0.2, 0.25) is 0 Å². The molecule has 0 amide bonds. The Bertz CT molecular complexity index is 1210. The third kappa shape index (κ3) is 3.93. The first-order chi connectivity index (χ1) is 15.2. The molecule has 1 fully saturated rings. The van der Waals surface area contributed by atoms with Crippen molar-refractivity contribution in [3.05, 3.63) is 54.9 Å². The minimum atomic E-state index is -0.530. The van der Waals surface area contributed by atoms with Gasteiger partial charge in [-0.15, -0.1) is 0 Å². The van der Waals surface area contributed by atoms with Crippen LogP contribution in [0.2, 0.25) is 0 Å². The van der Waals surface area contributed by atoms with Gasteiger partial charge in [0.05, 0.1) is 24.2 Å². The number of rotatable bonds is 7. The number of imidazole rings is 1. The Hall–Kier alpha value is -3.20. The molecule has 2 unspecified atom stereocenters. The van der Waals surface area contributed by atoms with Crippen LogP contribution in [0.4, 0.5) is 0 Å². The molecule has 1 aromatic carbocycles. The number of aliphatic hydroxyl groups is 1. The lowest BCUT2D eigenvalue weighted by atomic mass is 10.1. The smallest absolute Gasteiger partial charge is 0.146 e. The van der Waals surface area contributed by atoms with Crippen LogP contribution in [0.15, 0.2) is 54.9 Å². The number of benzene rings is 1. The van der Waals surface area contributed by atoms with Gasteiger partial charge in [0.1, 0.15) is 41.5 Å². The van der Waals surface area contributed by atoms with Crippen LogP contribution >= 0.6 is 0 Å². The van der Waals surface area contributed by atoms with E-state index < -0.39 is 6.10 Å². The average Bonchev–Trinajstić information content (AvgIpc) is 3.40. The normalized spacial score (nSPS) is 18.6. The van der Waals surface area contributed by atoms with E-state index in [1.54, 1.807) is 13.3 Å². The molecule has 0 saturated carbocycles. The van der Waals surface area contributed by atoms with E-state index in [4.69, 9.17) is 19.2 Å². The Morgan fingerprint density at radius 1 is 1.16 bits per heavy atom. The molecular formula is C23H24N4O4. The molecule has 0 aliphatic carbocycles. The summed E-state index contributed by atoms with van der Waals surface area (Å²) in [7, 11) is 1.65. The first-order valence-corrected chi connectivity index (χ1v) is 10.3. The van der Waals surface area contributed by atoms with Crippen LogP contribution in [0.5, 0.6) is 11.5 Å². The lowest BCUT2D eigenvalue weighted by molar-refractivity contribution is 0.0747. The van der Waals surface area contributed by atoms with E-state index in [1.165, 1.54) is 0 Å². The van der Waals surface area contributed by atoms with Gasteiger partial charge in [-0.25, -0.2) is 9.97 Å². The fourth-order valence-corrected chi connectivity index (χ4v) is 3.77. The highest BCUT2D eigenvalue weighted by Gasteiger charge is 2.27. The molecule has 2 atom stereocenters. The number of aliphatic hydroxyl groups excluding tert-OH is 1. The van der Waals surface area contributed by atoms with Gasteiger partial charge in [-0.05, 0) is 18.2 Å². The molecule has 0 radical (unpaired) electrons. The van der Waals surface area contributed by atoms with Gasteiger partial charge < -0.3 is 24.6 Å². The van der Waals surface area contributed by atoms with Crippen molar-refractivity contribution in [2.75, 3.05) is 33.4 Å². The first kappa shape index (κ1) is 19.7. The van der Waals surface area contributed by atoms with Crippen LogP contribution in [0.1, 0.15) is 0 Å². The van der Waals surface area contributed by atoms with Crippen molar-refractivity contribution in [1.29, 1.82) is 0 Å². The molecule has 8 heteroatoms. The zero-order chi connectivity index (χ0) is 21.2. The number of fused-ring (bicyclic) bond motifs is 2. The SMILES string of the molecule is COCCOc1ccn2c(-c3ccc4cccc(OC5CNCC5O)c4n3)cnc2c1. The predicted octanol–water partition coefficient (Wildman–Crippen LogP) is 2.29. The van der Waals surface area contributed by atoms with Crippen molar-refractivity contribution < 1.29 is 19.3 Å². The third-order valence-corrected chi connectivity index (χ3v) is 5.39. The van der Waals surface area contributed by atoms with Gasteiger partial charge >= 0.3 is 0 Å². The summed E-state index contributed by atoms with van der Waals surface area (Å²) in [6, 6.07) is 13.6. The summed E-state index contributed by atoms with van der Waals surface area (Å²) in [4.78, 5) is 9.40. The number of aromatic nitrogens is 3. The van der Waals surface area contributed by atoms with Crippen molar-refractivity contribution in [2.24, 2.45) is 0 Å². The van der Waals surface area contributed by atoms with Gasteiger partial charge in [0.15, 0.2) is 0 Å². The van der Waals surface area contributed by atoms with Gasteiger partial charge in [0.25, 0.3) is 0 Å². The fraction of sp³-hybridized carbons (Fsp3) is 0.304. The number of nitrogens with one attached hydrogen (secondary N) is 1. The lowest BCUT2D eigenvalue weighted by Gasteiger charge is -2.17.